The van der Waals surface area contributed by atoms with Gasteiger partial charge < -0.3 is 4.42 Å². The van der Waals surface area contributed by atoms with Crippen molar-refractivity contribution in [2.24, 2.45) is 0 Å². The molecule has 1 aliphatic heterocycles. The molecule has 0 aliphatic carbocycles. The van der Waals surface area contributed by atoms with Crippen molar-refractivity contribution < 1.29 is 18.5 Å². The highest BCUT2D eigenvalue weighted by Gasteiger charge is 2.45. The number of carbonyl (C=O) groups is 1. The summed E-state index contributed by atoms with van der Waals surface area (Å²) in [7, 11) is 0. The number of non-ortho nitro benzene ring substituents is 1. The minimum absolute atomic E-state index is 0.0224. The maximum Gasteiger partial charge on any atom is 0.297 e. The van der Waals surface area contributed by atoms with Gasteiger partial charge in [0, 0.05) is 18.6 Å². The molecule has 166 valence electrons. The van der Waals surface area contributed by atoms with Crippen molar-refractivity contribution >= 4 is 39.0 Å². The number of carbonyl (C=O) groups excluding carboxylic acids is 1. The van der Waals surface area contributed by atoms with Crippen molar-refractivity contribution in [3.8, 4) is 0 Å². The van der Waals surface area contributed by atoms with Crippen molar-refractivity contribution in [2.45, 2.75) is 25.8 Å². The fraction of sp³-hybridized carbons (Fsp3) is 0.182. The van der Waals surface area contributed by atoms with Crippen molar-refractivity contribution in [3.05, 3.63) is 90.5 Å². The van der Waals surface area contributed by atoms with Crippen LogP contribution in [0, 0.1) is 15.9 Å². The third-order valence-corrected chi connectivity index (χ3v) is 6.34. The minimum Gasteiger partial charge on any atom is -0.450 e. The summed E-state index contributed by atoms with van der Waals surface area (Å²) in [5.41, 5.74) is -0.417. The predicted molar refractivity (Wildman–Crippen MR) is 118 cm³/mol. The van der Waals surface area contributed by atoms with E-state index in [1.165, 1.54) is 40.5 Å². The zero-order valence-corrected chi connectivity index (χ0v) is 18.0. The van der Waals surface area contributed by atoms with Crippen molar-refractivity contribution in [2.75, 3.05) is 4.90 Å². The van der Waals surface area contributed by atoms with E-state index < -0.39 is 28.1 Å². The Morgan fingerprint density at radius 3 is 2.79 bits per heavy atom. The Hall–Kier alpha value is -3.99. The van der Waals surface area contributed by atoms with Gasteiger partial charge in [-0.1, -0.05) is 30.4 Å². The first-order chi connectivity index (χ1) is 15.9. The Morgan fingerprint density at radius 1 is 1.21 bits per heavy atom. The summed E-state index contributed by atoms with van der Waals surface area (Å²) in [6, 6.07) is 8.08. The summed E-state index contributed by atoms with van der Waals surface area (Å²) >= 11 is 1.20. The van der Waals surface area contributed by atoms with Crippen LogP contribution in [0.1, 0.15) is 46.1 Å². The van der Waals surface area contributed by atoms with Gasteiger partial charge >= 0.3 is 0 Å². The molecule has 0 spiro atoms. The van der Waals surface area contributed by atoms with Crippen LogP contribution in [0.4, 0.5) is 15.2 Å². The van der Waals surface area contributed by atoms with Gasteiger partial charge in [0.05, 0.1) is 21.9 Å². The molecule has 11 heteroatoms. The quantitative estimate of drug-likeness (QED) is 0.316. The standard InChI is InChI=1S/C22H15FN4O5S/c1-2-4-16-24-25-22(33-16)26-18(11-5-3-6-13(9-11)27(30)31)17-19(28)14-10-12(23)7-8-15(14)32-20(17)21(26)29/h3,5-10,18H,2,4H2,1H3. The Kier molecular flexibility index (Phi) is 4.97. The van der Waals surface area contributed by atoms with Crippen LogP contribution >= 0.6 is 11.3 Å². The van der Waals surface area contributed by atoms with Crippen LogP contribution < -0.4 is 10.3 Å². The van der Waals surface area contributed by atoms with Crippen LogP contribution in [-0.2, 0) is 6.42 Å². The number of nitrogens with zero attached hydrogens (tertiary/aromatic N) is 4. The van der Waals surface area contributed by atoms with Crippen LogP contribution in [0.2, 0.25) is 0 Å². The number of nitro groups is 1. The molecule has 5 rings (SSSR count). The summed E-state index contributed by atoms with van der Waals surface area (Å²) in [4.78, 5) is 39.0. The Labute approximate surface area is 189 Å². The van der Waals surface area contributed by atoms with E-state index in [1.54, 1.807) is 6.07 Å². The Morgan fingerprint density at radius 2 is 2.03 bits per heavy atom. The van der Waals surface area contributed by atoms with Crippen molar-refractivity contribution in [1.29, 1.82) is 0 Å². The lowest BCUT2D eigenvalue weighted by atomic mass is 9.98. The Balaban J connectivity index is 1.78. The van der Waals surface area contributed by atoms with Gasteiger partial charge in [0.25, 0.3) is 11.6 Å². The molecule has 3 heterocycles. The van der Waals surface area contributed by atoms with Gasteiger partial charge in [-0.2, -0.15) is 0 Å². The van der Waals surface area contributed by atoms with Gasteiger partial charge in [0.1, 0.15) is 16.4 Å². The van der Waals surface area contributed by atoms with Gasteiger partial charge in [-0.25, -0.2) is 4.39 Å². The summed E-state index contributed by atoms with van der Waals surface area (Å²) in [6.45, 7) is 1.98. The number of hydrogen-bond acceptors (Lipinski definition) is 8. The second-order valence-electron chi connectivity index (χ2n) is 7.47. The number of benzene rings is 2. The number of nitro benzene ring substituents is 1. The number of anilines is 1. The average molecular weight is 466 g/mol. The van der Waals surface area contributed by atoms with Gasteiger partial charge in [0.15, 0.2) is 5.43 Å². The minimum atomic E-state index is -1.04. The second kappa shape index (κ2) is 7.85. The van der Waals surface area contributed by atoms with Gasteiger partial charge in [-0.3, -0.25) is 24.6 Å². The fourth-order valence-corrected chi connectivity index (χ4v) is 4.89. The fourth-order valence-electron chi connectivity index (χ4n) is 3.92. The topological polar surface area (TPSA) is 119 Å². The summed E-state index contributed by atoms with van der Waals surface area (Å²) < 4.78 is 19.6. The number of halogens is 1. The zero-order chi connectivity index (χ0) is 23.3. The molecule has 2 aromatic carbocycles. The highest BCUT2D eigenvalue weighted by atomic mass is 32.1. The normalized spacial score (nSPS) is 15.3. The van der Waals surface area contributed by atoms with E-state index in [9.17, 15) is 24.1 Å². The molecule has 0 N–H and O–H groups in total. The second-order valence-corrected chi connectivity index (χ2v) is 8.51. The molecule has 0 radical (unpaired) electrons. The molecular formula is C22H15FN4O5S. The molecule has 0 saturated heterocycles. The number of hydrogen-bond donors (Lipinski definition) is 0. The molecule has 0 bridgehead atoms. The number of aromatic nitrogens is 2. The molecule has 9 nitrogen and oxygen atoms in total. The van der Waals surface area contributed by atoms with Crippen LogP contribution in [0.15, 0.2) is 51.7 Å². The first-order valence-corrected chi connectivity index (χ1v) is 10.9. The van der Waals surface area contributed by atoms with Crippen LogP contribution in [0.5, 0.6) is 0 Å². The summed E-state index contributed by atoms with van der Waals surface area (Å²) in [5, 5.41) is 20.5. The molecule has 2 aromatic heterocycles. The zero-order valence-electron chi connectivity index (χ0n) is 17.1. The van der Waals surface area contributed by atoms with Crippen molar-refractivity contribution in [1.82, 2.24) is 10.2 Å². The van der Waals surface area contributed by atoms with Crippen molar-refractivity contribution in [3.63, 3.8) is 0 Å². The average Bonchev–Trinajstić information content (AvgIpc) is 3.37. The predicted octanol–water partition coefficient (Wildman–Crippen LogP) is 4.39. The van der Waals surface area contributed by atoms with Crippen LogP contribution in [0.3, 0.4) is 0 Å². The SMILES string of the molecule is CCCc1nnc(N2C(=O)c3oc4ccc(F)cc4c(=O)c3C2c2cccc([N+](=O)[O-])c2)s1. The molecule has 1 atom stereocenters. The molecule has 4 aromatic rings. The number of rotatable bonds is 5. The van der Waals surface area contributed by atoms with E-state index in [0.717, 1.165) is 18.6 Å². The van der Waals surface area contributed by atoms with E-state index in [4.69, 9.17) is 4.42 Å². The highest BCUT2D eigenvalue weighted by Crippen LogP contribution is 2.42. The first kappa shape index (κ1) is 20.9. The van der Waals surface area contributed by atoms with Gasteiger partial charge in [0.2, 0.25) is 10.9 Å². The largest absolute Gasteiger partial charge is 0.450 e. The first-order valence-electron chi connectivity index (χ1n) is 10.1. The van der Waals surface area contributed by atoms with Gasteiger partial charge in [-0.15, -0.1) is 10.2 Å². The maximum absolute atomic E-state index is 13.9. The maximum atomic E-state index is 13.9. The molecule has 33 heavy (non-hydrogen) atoms. The molecule has 1 unspecified atom stereocenters. The smallest absolute Gasteiger partial charge is 0.297 e. The molecule has 1 amide bonds. The third-order valence-electron chi connectivity index (χ3n) is 5.36. The number of amides is 1. The monoisotopic (exact) mass is 466 g/mol. The van der Waals surface area contributed by atoms with E-state index in [-0.39, 0.29) is 33.1 Å². The summed E-state index contributed by atoms with van der Waals surface area (Å²) in [6.07, 6.45) is 1.49. The number of fused-ring (bicyclic) bond motifs is 2. The lowest BCUT2D eigenvalue weighted by molar-refractivity contribution is -0.384. The van der Waals surface area contributed by atoms with Crippen LogP contribution in [0.25, 0.3) is 11.0 Å². The van der Waals surface area contributed by atoms with E-state index >= 15 is 0 Å². The van der Waals surface area contributed by atoms with Gasteiger partial charge in [-0.05, 0) is 30.2 Å². The highest BCUT2D eigenvalue weighted by molar-refractivity contribution is 7.15. The molecule has 0 fully saturated rings. The lowest BCUT2D eigenvalue weighted by Gasteiger charge is -2.21. The van der Waals surface area contributed by atoms with Crippen LogP contribution in [-0.4, -0.2) is 21.0 Å². The summed E-state index contributed by atoms with van der Waals surface area (Å²) in [5.74, 6) is -1.46. The van der Waals surface area contributed by atoms with E-state index in [2.05, 4.69) is 10.2 Å². The van der Waals surface area contributed by atoms with E-state index in [1.807, 2.05) is 6.92 Å². The molecule has 1 aliphatic rings. The van der Waals surface area contributed by atoms with E-state index in [0.29, 0.717) is 17.0 Å². The Bertz CT molecular complexity index is 1500. The third kappa shape index (κ3) is 3.37. The number of aryl methyl sites for hydroxylation is 1. The molecule has 0 saturated carbocycles. The lowest BCUT2D eigenvalue weighted by Crippen LogP contribution is -2.29. The molecular weight excluding hydrogens is 451 g/mol.